The lowest BCUT2D eigenvalue weighted by molar-refractivity contribution is -0.122. The zero-order chi connectivity index (χ0) is 11.2. The Morgan fingerprint density at radius 3 is 2.43 bits per heavy atom. The maximum Gasteiger partial charge on any atom is 0.220 e. The minimum atomic E-state index is -0.0921. The van der Waals surface area contributed by atoms with Crippen molar-refractivity contribution in [2.24, 2.45) is 0 Å². The van der Waals surface area contributed by atoms with Gasteiger partial charge in [0.25, 0.3) is 0 Å². The summed E-state index contributed by atoms with van der Waals surface area (Å²) < 4.78 is 5.67. The Hall–Kier alpha value is -0.570. The molecule has 0 aromatic heterocycles. The van der Waals surface area contributed by atoms with Crippen LogP contribution in [0.4, 0.5) is 0 Å². The van der Waals surface area contributed by atoms with Gasteiger partial charge in [-0.2, -0.15) is 0 Å². The van der Waals surface area contributed by atoms with Gasteiger partial charge in [-0.3, -0.25) is 4.79 Å². The van der Waals surface area contributed by atoms with Crippen LogP contribution in [0.2, 0.25) is 0 Å². The first-order chi connectivity index (χ1) is 6.41. The van der Waals surface area contributed by atoms with E-state index in [0.29, 0.717) is 13.0 Å². The highest BCUT2D eigenvalue weighted by atomic mass is 16.5. The molecule has 1 unspecified atom stereocenters. The third-order valence-electron chi connectivity index (χ3n) is 2.30. The predicted molar refractivity (Wildman–Crippen MR) is 58.2 cm³/mol. The molecule has 1 atom stereocenters. The van der Waals surface area contributed by atoms with Gasteiger partial charge in [0.2, 0.25) is 5.91 Å². The smallest absolute Gasteiger partial charge is 0.220 e. The average Bonchev–Trinajstić information content (AvgIpc) is 2.15. The number of carbonyl (C=O) groups excluding carboxylic acids is 1. The monoisotopic (exact) mass is 201 g/mol. The van der Waals surface area contributed by atoms with Crippen molar-refractivity contribution in [3.05, 3.63) is 0 Å². The van der Waals surface area contributed by atoms with Crippen LogP contribution in [-0.2, 0) is 9.53 Å². The summed E-state index contributed by atoms with van der Waals surface area (Å²) >= 11 is 0. The molecule has 0 radical (unpaired) electrons. The molecule has 0 aromatic rings. The largest absolute Gasteiger partial charge is 0.373 e. The Bertz CT molecular complexity index is 178. The van der Waals surface area contributed by atoms with Crippen molar-refractivity contribution >= 4 is 5.91 Å². The summed E-state index contributed by atoms with van der Waals surface area (Å²) in [5, 5.41) is 2.86. The van der Waals surface area contributed by atoms with Crippen molar-refractivity contribution in [3.63, 3.8) is 0 Å². The van der Waals surface area contributed by atoms with Gasteiger partial charge in [0.15, 0.2) is 0 Å². The Balaban J connectivity index is 3.74. The van der Waals surface area contributed by atoms with Crippen LogP contribution >= 0.6 is 0 Å². The first-order valence-corrected chi connectivity index (χ1v) is 5.34. The summed E-state index contributed by atoms with van der Waals surface area (Å²) in [5.74, 6) is 0.0791. The summed E-state index contributed by atoms with van der Waals surface area (Å²) in [6, 6.07) is 0.0910. The molecule has 0 aliphatic heterocycles. The van der Waals surface area contributed by atoms with Gasteiger partial charge >= 0.3 is 0 Å². The van der Waals surface area contributed by atoms with Gasteiger partial charge in [0.05, 0.1) is 12.2 Å². The van der Waals surface area contributed by atoms with Crippen LogP contribution in [0.3, 0.4) is 0 Å². The third-order valence-corrected chi connectivity index (χ3v) is 2.30. The Labute approximate surface area is 87.2 Å². The summed E-state index contributed by atoms with van der Waals surface area (Å²) in [6.07, 6.45) is 1.50. The average molecular weight is 201 g/mol. The van der Waals surface area contributed by atoms with Crippen LogP contribution in [0, 0.1) is 0 Å². The SMILES string of the molecule is CCC(=O)NC(C)COC(C)(C)CC. The van der Waals surface area contributed by atoms with Gasteiger partial charge in [0, 0.05) is 12.5 Å². The van der Waals surface area contributed by atoms with Crippen LogP contribution in [0.5, 0.6) is 0 Å². The van der Waals surface area contributed by atoms with E-state index < -0.39 is 0 Å². The van der Waals surface area contributed by atoms with E-state index in [1.165, 1.54) is 0 Å². The lowest BCUT2D eigenvalue weighted by Gasteiger charge is -2.25. The van der Waals surface area contributed by atoms with E-state index in [0.717, 1.165) is 6.42 Å². The van der Waals surface area contributed by atoms with E-state index in [1.54, 1.807) is 0 Å². The zero-order valence-corrected chi connectivity index (χ0v) is 10.0. The molecule has 3 heteroatoms. The van der Waals surface area contributed by atoms with Crippen LogP contribution in [0.15, 0.2) is 0 Å². The van der Waals surface area contributed by atoms with E-state index in [1.807, 2.05) is 13.8 Å². The molecule has 14 heavy (non-hydrogen) atoms. The predicted octanol–water partition coefficient (Wildman–Crippen LogP) is 2.11. The number of rotatable bonds is 6. The van der Waals surface area contributed by atoms with Crippen molar-refractivity contribution in [2.45, 2.75) is 59.1 Å². The molecule has 0 saturated heterocycles. The second-order valence-corrected chi connectivity index (χ2v) is 4.25. The maximum absolute atomic E-state index is 11.0. The topological polar surface area (TPSA) is 38.3 Å². The second kappa shape index (κ2) is 6.02. The molecule has 3 nitrogen and oxygen atoms in total. The molecule has 0 fully saturated rings. The van der Waals surface area contributed by atoms with Gasteiger partial charge < -0.3 is 10.1 Å². The van der Waals surface area contributed by atoms with Crippen molar-refractivity contribution in [3.8, 4) is 0 Å². The van der Waals surface area contributed by atoms with E-state index in [4.69, 9.17) is 4.74 Å². The van der Waals surface area contributed by atoms with E-state index in [9.17, 15) is 4.79 Å². The van der Waals surface area contributed by atoms with E-state index in [2.05, 4.69) is 26.1 Å². The fraction of sp³-hybridized carbons (Fsp3) is 0.909. The van der Waals surface area contributed by atoms with Gasteiger partial charge in [-0.1, -0.05) is 13.8 Å². The lowest BCUT2D eigenvalue weighted by Crippen LogP contribution is -2.38. The summed E-state index contributed by atoms with van der Waals surface area (Å²) in [5.41, 5.74) is -0.0921. The minimum Gasteiger partial charge on any atom is -0.373 e. The van der Waals surface area contributed by atoms with Crippen molar-refractivity contribution in [2.75, 3.05) is 6.61 Å². The molecule has 0 aromatic carbocycles. The number of ether oxygens (including phenoxy) is 1. The molecule has 0 aliphatic carbocycles. The number of nitrogens with one attached hydrogen (secondary N) is 1. The Morgan fingerprint density at radius 2 is 2.00 bits per heavy atom. The highest BCUT2D eigenvalue weighted by Crippen LogP contribution is 2.13. The first kappa shape index (κ1) is 13.4. The molecule has 1 N–H and O–H groups in total. The van der Waals surface area contributed by atoms with Crippen LogP contribution in [0.25, 0.3) is 0 Å². The molecule has 84 valence electrons. The molecule has 0 spiro atoms. The van der Waals surface area contributed by atoms with E-state index in [-0.39, 0.29) is 17.6 Å². The van der Waals surface area contributed by atoms with Crippen LogP contribution < -0.4 is 5.32 Å². The second-order valence-electron chi connectivity index (χ2n) is 4.25. The molecule has 0 heterocycles. The molecular formula is C11H23NO2. The van der Waals surface area contributed by atoms with Gasteiger partial charge in [-0.15, -0.1) is 0 Å². The van der Waals surface area contributed by atoms with Crippen molar-refractivity contribution in [1.29, 1.82) is 0 Å². The Kier molecular flexibility index (Phi) is 5.77. The summed E-state index contributed by atoms with van der Waals surface area (Å²) in [6.45, 7) is 10.6. The number of amides is 1. The number of carbonyl (C=O) groups is 1. The maximum atomic E-state index is 11.0. The van der Waals surface area contributed by atoms with Crippen LogP contribution in [-0.4, -0.2) is 24.2 Å². The summed E-state index contributed by atoms with van der Waals surface area (Å²) in [4.78, 5) is 11.0. The van der Waals surface area contributed by atoms with Gasteiger partial charge in [0.1, 0.15) is 0 Å². The fourth-order valence-electron chi connectivity index (χ4n) is 0.871. The fourth-order valence-corrected chi connectivity index (χ4v) is 0.871. The molecular weight excluding hydrogens is 178 g/mol. The van der Waals surface area contributed by atoms with Crippen molar-refractivity contribution in [1.82, 2.24) is 5.32 Å². The van der Waals surface area contributed by atoms with E-state index >= 15 is 0 Å². The minimum absolute atomic E-state index is 0.0791. The first-order valence-electron chi connectivity index (χ1n) is 5.34. The third kappa shape index (κ3) is 5.97. The van der Waals surface area contributed by atoms with Gasteiger partial charge in [-0.05, 0) is 27.2 Å². The molecule has 0 bridgehead atoms. The lowest BCUT2D eigenvalue weighted by atomic mass is 10.1. The highest BCUT2D eigenvalue weighted by Gasteiger charge is 2.17. The summed E-state index contributed by atoms with van der Waals surface area (Å²) in [7, 11) is 0. The molecule has 0 rings (SSSR count). The van der Waals surface area contributed by atoms with Crippen LogP contribution in [0.1, 0.15) is 47.5 Å². The quantitative estimate of drug-likeness (QED) is 0.714. The van der Waals surface area contributed by atoms with Crippen molar-refractivity contribution < 1.29 is 9.53 Å². The molecule has 0 saturated carbocycles. The molecule has 0 aliphatic rings. The van der Waals surface area contributed by atoms with Gasteiger partial charge in [-0.25, -0.2) is 0 Å². The molecule has 1 amide bonds. The Morgan fingerprint density at radius 1 is 1.43 bits per heavy atom. The number of hydrogen-bond acceptors (Lipinski definition) is 2. The standard InChI is InChI=1S/C11H23NO2/c1-6-10(13)12-9(3)8-14-11(4,5)7-2/h9H,6-8H2,1-5H3,(H,12,13). The normalized spacial score (nSPS) is 13.8. The number of hydrogen-bond donors (Lipinski definition) is 1. The zero-order valence-electron chi connectivity index (χ0n) is 10.0. The highest BCUT2D eigenvalue weighted by molar-refractivity contribution is 5.75.